The molecule has 1 amide bonds. The molecular weight excluding hydrogens is 442 g/mol. The van der Waals surface area contributed by atoms with Gasteiger partial charge < -0.3 is 15.2 Å². The number of carbonyl (C=O) groups excluding carboxylic acids is 2. The van der Waals surface area contributed by atoms with Gasteiger partial charge >= 0.3 is 0 Å². The fourth-order valence-corrected chi connectivity index (χ4v) is 6.11. The number of sulfone groups is 1. The van der Waals surface area contributed by atoms with Crippen molar-refractivity contribution >= 4 is 21.5 Å². The summed E-state index contributed by atoms with van der Waals surface area (Å²) in [6.07, 6.45) is 2.35. The monoisotopic (exact) mass is 473 g/mol. The predicted molar refractivity (Wildman–Crippen MR) is 125 cm³/mol. The van der Waals surface area contributed by atoms with E-state index in [4.69, 9.17) is 15.2 Å². The minimum atomic E-state index is -3.93. The van der Waals surface area contributed by atoms with Gasteiger partial charge in [-0.15, -0.1) is 0 Å². The summed E-state index contributed by atoms with van der Waals surface area (Å²) in [5.41, 5.74) is 7.15. The molecule has 0 bridgehead atoms. The molecule has 0 aliphatic carbocycles. The molecule has 1 aliphatic rings. The Morgan fingerprint density at radius 1 is 1.06 bits per heavy atom. The third-order valence-corrected chi connectivity index (χ3v) is 8.95. The van der Waals surface area contributed by atoms with E-state index < -0.39 is 20.5 Å². The van der Waals surface area contributed by atoms with E-state index in [0.717, 1.165) is 24.8 Å². The Bertz CT molecular complexity index is 1070. The van der Waals surface area contributed by atoms with Gasteiger partial charge in [0.15, 0.2) is 20.4 Å². The van der Waals surface area contributed by atoms with Gasteiger partial charge in [0.1, 0.15) is 5.75 Å². The number of ether oxygens (including phenoxy) is 2. The molecule has 1 aliphatic heterocycles. The number of ketones is 1. The van der Waals surface area contributed by atoms with Crippen LogP contribution in [0.15, 0.2) is 53.4 Å². The number of hydrogen-bond donors (Lipinski definition) is 1. The lowest BCUT2D eigenvalue weighted by atomic mass is 9.93. The second-order valence-electron chi connectivity index (χ2n) is 8.50. The van der Waals surface area contributed by atoms with Crippen molar-refractivity contribution in [3.05, 3.63) is 59.7 Å². The second kappa shape index (κ2) is 10.5. The maximum atomic E-state index is 13.2. The molecule has 178 valence electrons. The number of amides is 1. The van der Waals surface area contributed by atoms with Crippen molar-refractivity contribution in [3.8, 4) is 5.75 Å². The van der Waals surface area contributed by atoms with Gasteiger partial charge in [0.05, 0.1) is 12.0 Å². The number of carbonyl (C=O) groups is 2. The van der Waals surface area contributed by atoms with Crippen molar-refractivity contribution in [3.63, 3.8) is 0 Å². The first-order valence-electron chi connectivity index (χ1n) is 11.1. The fraction of sp³-hybridized carbons (Fsp3) is 0.440. The highest BCUT2D eigenvalue weighted by Gasteiger charge is 2.51. The molecule has 2 aromatic rings. The van der Waals surface area contributed by atoms with E-state index in [9.17, 15) is 18.0 Å². The van der Waals surface area contributed by atoms with E-state index in [1.54, 1.807) is 43.5 Å². The van der Waals surface area contributed by atoms with Crippen LogP contribution in [0.3, 0.4) is 0 Å². The first-order chi connectivity index (χ1) is 15.7. The molecule has 1 atom stereocenters. The summed E-state index contributed by atoms with van der Waals surface area (Å²) in [4.78, 5) is 24.8. The van der Waals surface area contributed by atoms with Crippen LogP contribution in [0, 0.1) is 5.92 Å². The number of aryl methyl sites for hydroxylation is 1. The van der Waals surface area contributed by atoms with Gasteiger partial charge in [-0.1, -0.05) is 19.1 Å². The Morgan fingerprint density at radius 2 is 1.67 bits per heavy atom. The molecule has 1 saturated heterocycles. The van der Waals surface area contributed by atoms with Crippen molar-refractivity contribution in [1.29, 1.82) is 0 Å². The van der Waals surface area contributed by atoms with Crippen molar-refractivity contribution in [2.45, 2.75) is 48.7 Å². The van der Waals surface area contributed by atoms with E-state index in [1.807, 2.05) is 6.92 Å². The average Bonchev–Trinajstić information content (AvgIpc) is 2.84. The third-order valence-electron chi connectivity index (χ3n) is 6.42. The van der Waals surface area contributed by atoms with Crippen molar-refractivity contribution in [2.24, 2.45) is 11.7 Å². The molecule has 2 aromatic carbocycles. The molecular formula is C25H31NO6S. The van der Waals surface area contributed by atoms with Gasteiger partial charge in [-0.3, -0.25) is 9.59 Å². The predicted octanol–water partition coefficient (Wildman–Crippen LogP) is 3.35. The molecule has 0 aromatic heterocycles. The first kappa shape index (κ1) is 24.9. The number of rotatable bonds is 10. The van der Waals surface area contributed by atoms with Crippen molar-refractivity contribution in [2.75, 3.05) is 20.3 Å². The summed E-state index contributed by atoms with van der Waals surface area (Å²) >= 11 is 0. The summed E-state index contributed by atoms with van der Waals surface area (Å²) in [5.74, 6) is -0.150. The maximum Gasteiger partial charge on any atom is 0.239 e. The minimum Gasteiger partial charge on any atom is -0.497 e. The summed E-state index contributed by atoms with van der Waals surface area (Å²) in [5, 5.41) is 0. The normalized spacial score (nSPS) is 16.7. The number of primary amides is 1. The lowest BCUT2D eigenvalue weighted by molar-refractivity contribution is -0.122. The summed E-state index contributed by atoms with van der Waals surface area (Å²) in [6.45, 7) is 2.29. The van der Waals surface area contributed by atoms with Crippen LogP contribution in [0.2, 0.25) is 0 Å². The molecule has 0 radical (unpaired) electrons. The van der Waals surface area contributed by atoms with E-state index in [1.165, 1.54) is 12.1 Å². The van der Waals surface area contributed by atoms with Crippen molar-refractivity contribution < 1.29 is 27.5 Å². The number of hydrogen-bond acceptors (Lipinski definition) is 6. The number of nitrogens with two attached hydrogens (primary N) is 1. The maximum absolute atomic E-state index is 13.2. The zero-order chi connectivity index (χ0) is 24.1. The smallest absolute Gasteiger partial charge is 0.239 e. The first-order valence-corrected chi connectivity index (χ1v) is 12.6. The zero-order valence-corrected chi connectivity index (χ0v) is 19.9. The average molecular weight is 474 g/mol. The Balaban J connectivity index is 1.60. The van der Waals surface area contributed by atoms with E-state index in [-0.39, 0.29) is 42.7 Å². The Labute approximate surface area is 195 Å². The van der Waals surface area contributed by atoms with Gasteiger partial charge in [-0.05, 0) is 74.1 Å². The molecule has 8 heteroatoms. The highest BCUT2D eigenvalue weighted by atomic mass is 32.2. The SMILES string of the molecule is COc1ccc(C(=O)C(C)CCCc2ccc(S(=O)(=O)C3(C(N)=O)CCOCC3)cc2)cc1. The standard InChI is InChI=1S/C25H31NO6S/c1-18(23(27)20-8-10-21(31-2)11-9-20)4-3-5-19-6-12-22(13-7-19)33(29,30)25(24(26)28)14-16-32-17-15-25/h6-13,18H,3-5,14-17H2,1-2H3,(H2,26,28). The molecule has 2 N–H and O–H groups in total. The van der Waals surface area contributed by atoms with Crippen LogP contribution in [0.5, 0.6) is 5.75 Å². The second-order valence-corrected chi connectivity index (χ2v) is 10.8. The quantitative estimate of drug-likeness (QED) is 0.530. The van der Waals surface area contributed by atoms with Crippen LogP contribution in [0.4, 0.5) is 0 Å². The molecule has 3 rings (SSSR count). The summed E-state index contributed by atoms with van der Waals surface area (Å²) in [7, 11) is -2.34. The number of Topliss-reactive ketones (excluding diaryl/α,β-unsaturated/α-hetero) is 1. The van der Waals surface area contributed by atoms with E-state index >= 15 is 0 Å². The summed E-state index contributed by atoms with van der Waals surface area (Å²) < 4.78 is 35.2. The molecule has 1 heterocycles. The van der Waals surface area contributed by atoms with Crippen LogP contribution < -0.4 is 10.5 Å². The van der Waals surface area contributed by atoms with Crippen LogP contribution in [-0.2, 0) is 25.8 Å². The van der Waals surface area contributed by atoms with Crippen LogP contribution >= 0.6 is 0 Å². The highest BCUT2D eigenvalue weighted by molar-refractivity contribution is 7.93. The fourth-order valence-electron chi connectivity index (χ4n) is 4.19. The van der Waals surface area contributed by atoms with Crippen LogP contribution in [0.1, 0.15) is 48.5 Å². The Kier molecular flexibility index (Phi) is 7.92. The highest BCUT2D eigenvalue weighted by Crippen LogP contribution is 2.35. The number of methoxy groups -OCH3 is 1. The molecule has 0 saturated carbocycles. The lowest BCUT2D eigenvalue weighted by Crippen LogP contribution is -2.53. The Hall–Kier alpha value is -2.71. The zero-order valence-electron chi connectivity index (χ0n) is 19.1. The van der Waals surface area contributed by atoms with Crippen LogP contribution in [0.25, 0.3) is 0 Å². The van der Waals surface area contributed by atoms with Gasteiger partial charge in [-0.2, -0.15) is 0 Å². The van der Waals surface area contributed by atoms with Crippen molar-refractivity contribution in [1.82, 2.24) is 0 Å². The minimum absolute atomic E-state index is 0.0620. The largest absolute Gasteiger partial charge is 0.497 e. The van der Waals surface area contributed by atoms with Gasteiger partial charge in [0.2, 0.25) is 5.91 Å². The number of benzene rings is 2. The Morgan fingerprint density at radius 3 is 2.21 bits per heavy atom. The van der Waals surface area contributed by atoms with Gasteiger partial charge in [0.25, 0.3) is 0 Å². The van der Waals surface area contributed by atoms with Crippen LogP contribution in [-0.4, -0.2) is 45.2 Å². The molecule has 7 nitrogen and oxygen atoms in total. The molecule has 1 unspecified atom stereocenters. The van der Waals surface area contributed by atoms with E-state index in [2.05, 4.69) is 0 Å². The molecule has 0 spiro atoms. The lowest BCUT2D eigenvalue weighted by Gasteiger charge is -2.33. The third kappa shape index (κ3) is 5.28. The van der Waals surface area contributed by atoms with Gasteiger partial charge in [-0.25, -0.2) is 8.42 Å². The molecule has 1 fully saturated rings. The summed E-state index contributed by atoms with van der Waals surface area (Å²) in [6, 6.07) is 13.7. The molecule has 33 heavy (non-hydrogen) atoms. The topological polar surface area (TPSA) is 113 Å². The van der Waals surface area contributed by atoms with Gasteiger partial charge in [0, 0.05) is 24.7 Å². The van der Waals surface area contributed by atoms with E-state index in [0.29, 0.717) is 11.3 Å².